The molecule has 0 aliphatic rings. The zero-order valence-corrected chi connectivity index (χ0v) is 26.1. The highest BCUT2D eigenvalue weighted by molar-refractivity contribution is 5.79. The van der Waals surface area contributed by atoms with Gasteiger partial charge in [0.1, 0.15) is 6.10 Å². The molecule has 12 heteroatoms. The van der Waals surface area contributed by atoms with Gasteiger partial charge in [-0.2, -0.15) is 36.0 Å². The van der Waals surface area contributed by atoms with Gasteiger partial charge in [0, 0.05) is 5.92 Å². The van der Waals surface area contributed by atoms with Crippen LogP contribution in [0.2, 0.25) is 0 Å². The summed E-state index contributed by atoms with van der Waals surface area (Å²) in [6.45, 7) is 19.5. The van der Waals surface area contributed by atoms with Crippen molar-refractivity contribution >= 4 is 5.97 Å². The number of nitriles is 1. The van der Waals surface area contributed by atoms with Gasteiger partial charge in [0.15, 0.2) is 0 Å². The molecule has 5 unspecified atom stereocenters. The lowest BCUT2D eigenvalue weighted by Gasteiger charge is -2.47. The molecule has 0 aliphatic carbocycles. The van der Waals surface area contributed by atoms with Crippen LogP contribution in [0.5, 0.6) is 0 Å². The van der Waals surface area contributed by atoms with Crippen LogP contribution in [-0.2, 0) is 14.3 Å². The van der Waals surface area contributed by atoms with Gasteiger partial charge in [-0.05, 0) is 40.9 Å². The average molecular weight is 608 g/mol. The minimum atomic E-state index is -6.67. The number of alkyl halides is 7. The second-order valence-corrected chi connectivity index (χ2v) is 14.0. The van der Waals surface area contributed by atoms with E-state index in [0.717, 1.165) is 0 Å². The van der Waals surface area contributed by atoms with E-state index in [1.807, 2.05) is 47.6 Å². The van der Waals surface area contributed by atoms with Gasteiger partial charge in [0.2, 0.25) is 0 Å². The molecule has 0 aliphatic heterocycles. The monoisotopic (exact) mass is 607 g/mol. The molecule has 0 aromatic heterocycles. The topological polar surface area (TPSA) is 79.6 Å². The highest BCUT2D eigenvalue weighted by atomic mass is 19.4. The molecule has 0 spiro atoms. The van der Waals surface area contributed by atoms with Crippen molar-refractivity contribution in [3.05, 3.63) is 0 Å². The number of esters is 1. The van der Waals surface area contributed by atoms with Gasteiger partial charge in [-0.3, -0.25) is 0 Å². The van der Waals surface area contributed by atoms with E-state index in [-0.39, 0.29) is 24.4 Å². The van der Waals surface area contributed by atoms with Crippen LogP contribution in [-0.4, -0.2) is 54.0 Å². The van der Waals surface area contributed by atoms with Crippen LogP contribution in [0.3, 0.4) is 0 Å². The summed E-state index contributed by atoms with van der Waals surface area (Å²) in [6.07, 6.45) is -8.69. The molecule has 0 fully saturated rings. The third-order valence-corrected chi connectivity index (χ3v) is 8.28. The molecule has 0 amide bonds. The first kappa shape index (κ1) is 39.4. The van der Waals surface area contributed by atoms with Crippen LogP contribution in [0.1, 0.15) is 95.4 Å². The van der Waals surface area contributed by atoms with E-state index < -0.39 is 65.0 Å². The number of halogens is 7. The first-order chi connectivity index (χ1) is 18.1. The number of rotatable bonds is 15. The van der Waals surface area contributed by atoms with Gasteiger partial charge in [-0.1, -0.05) is 76.2 Å². The zero-order chi connectivity index (χ0) is 33.0. The standard InChI is InChI=1S/C29H48F7NO4/c1-17(2)22(41-23(39)27(30,31)28(32,33)29(34,35)36)19(4)26(10,11)21(40-14-12-13-37)16-25(8,9)18(3)20(38)15-24(5,6)7/h17-22,38H,12,14-16H2,1-11H3. The Morgan fingerprint density at radius 3 is 1.73 bits per heavy atom. The van der Waals surface area contributed by atoms with Crippen molar-refractivity contribution in [2.45, 2.75) is 132 Å². The van der Waals surface area contributed by atoms with Crippen molar-refractivity contribution in [1.82, 2.24) is 0 Å². The molecule has 0 saturated carbocycles. The lowest BCUT2D eigenvalue weighted by atomic mass is 9.63. The van der Waals surface area contributed by atoms with Gasteiger partial charge in [0.05, 0.1) is 31.3 Å². The van der Waals surface area contributed by atoms with Crippen molar-refractivity contribution in [2.75, 3.05) is 6.61 Å². The molecule has 5 atom stereocenters. The lowest BCUT2D eigenvalue weighted by molar-refractivity contribution is -0.349. The summed E-state index contributed by atoms with van der Waals surface area (Å²) >= 11 is 0. The number of carbonyl (C=O) groups is 1. The van der Waals surface area contributed by atoms with Crippen LogP contribution >= 0.6 is 0 Å². The Hall–Kier alpha value is -1.61. The summed E-state index contributed by atoms with van der Waals surface area (Å²) in [7, 11) is 0. The van der Waals surface area contributed by atoms with Crippen LogP contribution in [0.4, 0.5) is 30.7 Å². The number of nitrogens with zero attached hydrogens (tertiary/aromatic N) is 1. The van der Waals surface area contributed by atoms with Gasteiger partial charge in [-0.15, -0.1) is 0 Å². The van der Waals surface area contributed by atoms with E-state index in [4.69, 9.17) is 14.7 Å². The summed E-state index contributed by atoms with van der Waals surface area (Å²) in [6, 6.07) is 1.96. The molecule has 0 heterocycles. The molecule has 0 saturated heterocycles. The van der Waals surface area contributed by atoms with Crippen LogP contribution in [0.25, 0.3) is 0 Å². The molecule has 0 aromatic rings. The molecule has 1 N–H and O–H groups in total. The fourth-order valence-corrected chi connectivity index (χ4v) is 4.81. The molecular formula is C29H48F7NO4. The average Bonchev–Trinajstić information content (AvgIpc) is 2.78. The maximum Gasteiger partial charge on any atom is 0.460 e. The van der Waals surface area contributed by atoms with E-state index >= 15 is 0 Å². The molecule has 0 bridgehead atoms. The first-order valence-corrected chi connectivity index (χ1v) is 13.8. The minimum Gasteiger partial charge on any atom is -0.457 e. The molecule has 0 rings (SSSR count). The second-order valence-electron chi connectivity index (χ2n) is 14.0. The summed E-state index contributed by atoms with van der Waals surface area (Å²) in [4.78, 5) is 12.1. The smallest absolute Gasteiger partial charge is 0.457 e. The number of hydrogen-bond donors (Lipinski definition) is 1. The highest BCUT2D eigenvalue weighted by Gasteiger charge is 2.77. The number of hydrogen-bond acceptors (Lipinski definition) is 5. The summed E-state index contributed by atoms with van der Waals surface area (Å²) < 4.78 is 104. The van der Waals surface area contributed by atoms with Crippen LogP contribution in [0, 0.1) is 45.3 Å². The maximum absolute atomic E-state index is 14.1. The quantitative estimate of drug-likeness (QED) is 0.115. The highest BCUT2D eigenvalue weighted by Crippen LogP contribution is 2.49. The maximum atomic E-state index is 14.1. The van der Waals surface area contributed by atoms with Crippen LogP contribution < -0.4 is 0 Å². The van der Waals surface area contributed by atoms with Gasteiger partial charge in [0.25, 0.3) is 0 Å². The van der Waals surface area contributed by atoms with E-state index in [0.29, 0.717) is 12.8 Å². The Kier molecular flexibility index (Phi) is 13.2. The van der Waals surface area contributed by atoms with Crippen molar-refractivity contribution in [1.29, 1.82) is 5.26 Å². The number of aliphatic hydroxyl groups is 1. The van der Waals surface area contributed by atoms with Gasteiger partial charge >= 0.3 is 24.0 Å². The SMILES string of the molecule is CC(C)C(OC(=O)C(F)(F)C(F)(F)C(F)(F)F)C(C)C(C)(C)C(CC(C)(C)C(C)C(O)CC(C)(C)C)OCCC#N. The van der Waals surface area contributed by atoms with E-state index in [9.17, 15) is 40.6 Å². The largest absolute Gasteiger partial charge is 0.460 e. The normalized spacial score (nSPS) is 17.9. The first-order valence-electron chi connectivity index (χ1n) is 13.8. The number of ether oxygens (including phenoxy) is 2. The fourth-order valence-electron chi connectivity index (χ4n) is 4.81. The molecule has 242 valence electrons. The summed E-state index contributed by atoms with van der Waals surface area (Å²) in [5, 5.41) is 20.0. The van der Waals surface area contributed by atoms with Gasteiger partial charge in [-0.25, -0.2) is 4.79 Å². The zero-order valence-electron chi connectivity index (χ0n) is 26.1. The van der Waals surface area contributed by atoms with E-state index in [2.05, 4.69) is 0 Å². The third kappa shape index (κ3) is 9.97. The fraction of sp³-hybridized carbons (Fsp3) is 0.931. The Morgan fingerprint density at radius 1 is 0.854 bits per heavy atom. The molecular weight excluding hydrogens is 559 g/mol. The second kappa shape index (κ2) is 13.8. The predicted molar refractivity (Wildman–Crippen MR) is 141 cm³/mol. The van der Waals surface area contributed by atoms with Crippen molar-refractivity contribution in [3.63, 3.8) is 0 Å². The number of carbonyl (C=O) groups excluding carboxylic acids is 1. The lowest BCUT2D eigenvalue weighted by Crippen LogP contribution is -2.58. The predicted octanol–water partition coefficient (Wildman–Crippen LogP) is 8.20. The Labute approximate surface area is 240 Å². The van der Waals surface area contributed by atoms with Crippen molar-refractivity contribution < 1.29 is 50.1 Å². The minimum absolute atomic E-state index is 0.00827. The third-order valence-electron chi connectivity index (χ3n) is 8.28. The van der Waals surface area contributed by atoms with Crippen LogP contribution in [0.15, 0.2) is 0 Å². The Morgan fingerprint density at radius 2 is 1.34 bits per heavy atom. The summed E-state index contributed by atoms with van der Waals surface area (Å²) in [5.74, 6) is -17.6. The Balaban J connectivity index is 6.33. The summed E-state index contributed by atoms with van der Waals surface area (Å²) in [5.41, 5.74) is -1.75. The molecule has 41 heavy (non-hydrogen) atoms. The van der Waals surface area contributed by atoms with Crippen molar-refractivity contribution in [3.8, 4) is 6.07 Å². The molecule has 5 nitrogen and oxygen atoms in total. The van der Waals surface area contributed by atoms with E-state index in [1.165, 1.54) is 20.8 Å². The Bertz CT molecular complexity index is 889. The van der Waals surface area contributed by atoms with E-state index in [1.54, 1.807) is 13.8 Å². The molecule has 0 radical (unpaired) electrons. The van der Waals surface area contributed by atoms with Crippen molar-refractivity contribution in [2.24, 2.45) is 34.0 Å². The van der Waals surface area contributed by atoms with Gasteiger partial charge < -0.3 is 14.6 Å². The molecule has 0 aromatic carbocycles. The number of aliphatic hydroxyl groups excluding tert-OH is 1.